The standard InChI is InChI=1S/C10H12ClNO6S/c1-5(14)18-3-6-4-19(16,17)10-8(11)9(15)12(10)7(6)2-13/h8,10,13H,2-4H2,1H3/t8-,10+/m0/s1. The van der Waals surface area contributed by atoms with Crippen molar-refractivity contribution < 1.29 is 27.9 Å². The molecule has 7 nitrogen and oxygen atoms in total. The van der Waals surface area contributed by atoms with Crippen LogP contribution in [0.15, 0.2) is 11.3 Å². The molecule has 1 N–H and O–H groups in total. The van der Waals surface area contributed by atoms with Crippen LogP contribution < -0.4 is 0 Å². The van der Waals surface area contributed by atoms with Crippen LogP contribution in [0.4, 0.5) is 0 Å². The quantitative estimate of drug-likeness (QED) is 0.408. The molecule has 2 heterocycles. The monoisotopic (exact) mass is 309 g/mol. The van der Waals surface area contributed by atoms with Gasteiger partial charge in [0.25, 0.3) is 0 Å². The summed E-state index contributed by atoms with van der Waals surface area (Å²) in [5.74, 6) is -1.53. The lowest BCUT2D eigenvalue weighted by molar-refractivity contribution is -0.140. The number of hydrogen-bond donors (Lipinski definition) is 1. The number of ether oxygens (including phenoxy) is 1. The van der Waals surface area contributed by atoms with Crippen molar-refractivity contribution >= 4 is 33.3 Å². The maximum absolute atomic E-state index is 12.0. The first-order chi connectivity index (χ1) is 8.79. The van der Waals surface area contributed by atoms with E-state index in [1.807, 2.05) is 0 Å². The van der Waals surface area contributed by atoms with E-state index in [1.165, 1.54) is 6.92 Å². The summed E-state index contributed by atoms with van der Waals surface area (Å²) in [6.45, 7) is 0.398. The van der Waals surface area contributed by atoms with Crippen molar-refractivity contribution in [3.8, 4) is 0 Å². The number of β-lactam (4-membered cyclic amide) rings is 1. The van der Waals surface area contributed by atoms with Gasteiger partial charge in [-0.15, -0.1) is 11.6 Å². The van der Waals surface area contributed by atoms with Gasteiger partial charge in [0.2, 0.25) is 5.91 Å². The normalized spacial score (nSPS) is 28.8. The van der Waals surface area contributed by atoms with Crippen LogP contribution in [0.2, 0.25) is 0 Å². The van der Waals surface area contributed by atoms with Gasteiger partial charge in [-0.25, -0.2) is 8.42 Å². The van der Waals surface area contributed by atoms with E-state index in [9.17, 15) is 23.1 Å². The van der Waals surface area contributed by atoms with E-state index in [-0.39, 0.29) is 23.6 Å². The Morgan fingerprint density at radius 3 is 2.74 bits per heavy atom. The average molecular weight is 310 g/mol. The van der Waals surface area contributed by atoms with Crippen molar-refractivity contribution in [2.45, 2.75) is 17.7 Å². The fourth-order valence-electron chi connectivity index (χ4n) is 2.14. The molecule has 2 rings (SSSR count). The van der Waals surface area contributed by atoms with Crippen LogP contribution in [-0.2, 0) is 24.2 Å². The maximum atomic E-state index is 12.0. The highest BCUT2D eigenvalue weighted by molar-refractivity contribution is 7.92. The second-order valence-corrected chi connectivity index (χ2v) is 6.86. The van der Waals surface area contributed by atoms with Gasteiger partial charge in [-0.05, 0) is 0 Å². The second kappa shape index (κ2) is 4.77. The van der Waals surface area contributed by atoms with E-state index in [0.717, 1.165) is 4.90 Å². The van der Waals surface area contributed by atoms with Crippen LogP contribution in [0, 0.1) is 0 Å². The molecule has 2 aliphatic heterocycles. The van der Waals surface area contributed by atoms with Crippen LogP contribution in [0.1, 0.15) is 6.92 Å². The topological polar surface area (TPSA) is 101 Å². The van der Waals surface area contributed by atoms with Crippen LogP contribution in [0.3, 0.4) is 0 Å². The fourth-order valence-corrected chi connectivity index (χ4v) is 4.77. The van der Waals surface area contributed by atoms with E-state index >= 15 is 0 Å². The molecule has 1 saturated heterocycles. The number of rotatable bonds is 3. The Labute approximate surface area is 114 Å². The molecule has 1 fully saturated rings. The number of alkyl halides is 1. The molecule has 0 unspecified atom stereocenters. The summed E-state index contributed by atoms with van der Waals surface area (Å²) in [4.78, 5) is 23.3. The third kappa shape index (κ3) is 2.24. The highest BCUT2D eigenvalue weighted by Crippen LogP contribution is 2.38. The molecule has 0 aromatic rings. The molecule has 2 aliphatic rings. The SMILES string of the molecule is CC(=O)OCC1=C(CO)N2C(=O)[C@H](Cl)[C@H]2S(=O)(=O)C1. The predicted molar refractivity (Wildman–Crippen MR) is 64.8 cm³/mol. The van der Waals surface area contributed by atoms with Crippen molar-refractivity contribution in [1.29, 1.82) is 0 Å². The molecular formula is C10H12ClNO6S. The number of carbonyl (C=O) groups excluding carboxylic acids is 2. The van der Waals surface area contributed by atoms with Gasteiger partial charge in [0.05, 0.1) is 18.1 Å². The lowest BCUT2D eigenvalue weighted by Gasteiger charge is -2.47. The number of aliphatic hydroxyl groups is 1. The van der Waals surface area contributed by atoms with Gasteiger partial charge in [0.1, 0.15) is 12.0 Å². The molecule has 19 heavy (non-hydrogen) atoms. The third-order valence-electron chi connectivity index (χ3n) is 3.02. The molecule has 0 aliphatic carbocycles. The molecule has 0 aromatic heterocycles. The molecule has 0 spiro atoms. The number of sulfone groups is 1. The lowest BCUT2D eigenvalue weighted by Crippen LogP contribution is -2.67. The van der Waals surface area contributed by atoms with Gasteiger partial charge in [-0.3, -0.25) is 14.5 Å². The van der Waals surface area contributed by atoms with Crippen LogP contribution in [-0.4, -0.2) is 60.0 Å². The van der Waals surface area contributed by atoms with Gasteiger partial charge in [0, 0.05) is 12.5 Å². The molecular weight excluding hydrogens is 298 g/mol. The molecule has 106 valence electrons. The molecule has 0 saturated carbocycles. The van der Waals surface area contributed by atoms with Gasteiger partial charge in [0.15, 0.2) is 15.2 Å². The van der Waals surface area contributed by atoms with E-state index < -0.39 is 39.1 Å². The molecule has 2 atom stereocenters. The first-order valence-electron chi connectivity index (χ1n) is 5.43. The fraction of sp³-hybridized carbons (Fsp3) is 0.600. The Morgan fingerprint density at radius 1 is 1.58 bits per heavy atom. The Bertz CT molecular complexity index is 569. The minimum atomic E-state index is -3.63. The number of nitrogens with zero attached hydrogens (tertiary/aromatic N) is 1. The van der Waals surface area contributed by atoms with Crippen molar-refractivity contribution in [3.05, 3.63) is 11.3 Å². The van der Waals surface area contributed by atoms with Gasteiger partial charge in [-0.2, -0.15) is 0 Å². The van der Waals surface area contributed by atoms with E-state index in [1.54, 1.807) is 0 Å². The Kier molecular flexibility index (Phi) is 3.59. The molecule has 1 amide bonds. The van der Waals surface area contributed by atoms with Crippen LogP contribution >= 0.6 is 11.6 Å². The summed E-state index contributed by atoms with van der Waals surface area (Å²) >= 11 is 5.70. The number of fused-ring (bicyclic) bond motifs is 1. The number of aliphatic hydroxyl groups excluding tert-OH is 1. The van der Waals surface area contributed by atoms with Crippen molar-refractivity contribution in [2.24, 2.45) is 0 Å². The summed E-state index contributed by atoms with van der Waals surface area (Å²) < 4.78 is 28.7. The first-order valence-corrected chi connectivity index (χ1v) is 7.58. The number of carbonyl (C=O) groups is 2. The van der Waals surface area contributed by atoms with Crippen molar-refractivity contribution in [3.63, 3.8) is 0 Å². The maximum Gasteiger partial charge on any atom is 0.302 e. The third-order valence-corrected chi connectivity index (χ3v) is 5.56. The summed E-state index contributed by atoms with van der Waals surface area (Å²) in [5, 5.41) is 7.04. The molecule has 0 radical (unpaired) electrons. The van der Waals surface area contributed by atoms with E-state index in [2.05, 4.69) is 0 Å². The van der Waals surface area contributed by atoms with Crippen LogP contribution in [0.5, 0.6) is 0 Å². The van der Waals surface area contributed by atoms with Gasteiger partial charge >= 0.3 is 5.97 Å². The van der Waals surface area contributed by atoms with Crippen molar-refractivity contribution in [2.75, 3.05) is 19.0 Å². The Morgan fingerprint density at radius 2 is 2.21 bits per heavy atom. The zero-order valence-electron chi connectivity index (χ0n) is 10.00. The summed E-state index contributed by atoms with van der Waals surface area (Å²) in [5.41, 5.74) is 0.355. The van der Waals surface area contributed by atoms with Gasteiger partial charge < -0.3 is 9.84 Å². The summed E-state index contributed by atoms with van der Waals surface area (Å²) in [6, 6.07) is 0. The van der Waals surface area contributed by atoms with E-state index in [0.29, 0.717) is 0 Å². The smallest absolute Gasteiger partial charge is 0.302 e. The molecule has 0 aromatic carbocycles. The minimum Gasteiger partial charge on any atom is -0.461 e. The highest BCUT2D eigenvalue weighted by atomic mass is 35.5. The molecule has 0 bridgehead atoms. The van der Waals surface area contributed by atoms with Crippen molar-refractivity contribution in [1.82, 2.24) is 4.90 Å². The Balaban J connectivity index is 2.37. The second-order valence-electron chi connectivity index (χ2n) is 4.30. The largest absolute Gasteiger partial charge is 0.461 e. The number of amides is 1. The first kappa shape index (κ1) is 14.3. The predicted octanol–water partition coefficient (Wildman–Crippen LogP) is -1.00. The summed E-state index contributed by atoms with van der Waals surface area (Å²) in [7, 11) is -3.63. The lowest BCUT2D eigenvalue weighted by atomic mass is 10.1. The highest BCUT2D eigenvalue weighted by Gasteiger charge is 2.57. The van der Waals surface area contributed by atoms with Crippen LogP contribution in [0.25, 0.3) is 0 Å². The number of halogens is 1. The molecule has 9 heteroatoms. The zero-order chi connectivity index (χ0) is 14.4. The average Bonchev–Trinajstić information content (AvgIpc) is 2.33. The zero-order valence-corrected chi connectivity index (χ0v) is 11.6. The summed E-state index contributed by atoms with van der Waals surface area (Å²) in [6.07, 6.45) is 0. The van der Waals surface area contributed by atoms with Gasteiger partial charge in [-0.1, -0.05) is 0 Å². The number of hydrogen-bond acceptors (Lipinski definition) is 6. The van der Waals surface area contributed by atoms with E-state index in [4.69, 9.17) is 16.3 Å². The minimum absolute atomic E-state index is 0.156. The Hall–Kier alpha value is -1.12. The number of esters is 1.